The molecule has 5 heteroatoms. The average Bonchev–Trinajstić information content (AvgIpc) is 2.91. The Bertz CT molecular complexity index is 506. The van der Waals surface area contributed by atoms with Gasteiger partial charge >= 0.3 is 0 Å². The highest BCUT2D eigenvalue weighted by Gasteiger charge is 2.16. The molecule has 0 saturated carbocycles. The van der Waals surface area contributed by atoms with Crippen molar-refractivity contribution in [2.24, 2.45) is 5.73 Å². The average molecular weight is 277 g/mol. The molecule has 0 aliphatic heterocycles. The SMILES string of the molecule is CCSc1ccc(-c2noc(C(CC)CN)n2)cc1. The lowest BCUT2D eigenvalue weighted by Gasteiger charge is -2.04. The maximum absolute atomic E-state index is 5.69. The highest BCUT2D eigenvalue weighted by molar-refractivity contribution is 7.99. The molecule has 0 saturated heterocycles. The molecule has 0 bridgehead atoms. The zero-order valence-electron chi connectivity index (χ0n) is 11.3. The van der Waals surface area contributed by atoms with Crippen LogP contribution in [0.2, 0.25) is 0 Å². The fourth-order valence-corrected chi connectivity index (χ4v) is 2.49. The van der Waals surface area contributed by atoms with Gasteiger partial charge in [0, 0.05) is 17.0 Å². The number of hydrogen-bond donors (Lipinski definition) is 1. The third-order valence-corrected chi connectivity index (χ3v) is 3.89. The van der Waals surface area contributed by atoms with E-state index in [0.717, 1.165) is 17.7 Å². The molecule has 1 atom stereocenters. The maximum atomic E-state index is 5.69. The summed E-state index contributed by atoms with van der Waals surface area (Å²) in [6.07, 6.45) is 0.907. The van der Waals surface area contributed by atoms with Gasteiger partial charge in [0.05, 0.1) is 5.92 Å². The number of hydrogen-bond acceptors (Lipinski definition) is 5. The van der Waals surface area contributed by atoms with E-state index in [4.69, 9.17) is 10.3 Å². The zero-order valence-corrected chi connectivity index (χ0v) is 12.1. The number of rotatable bonds is 6. The van der Waals surface area contributed by atoms with Crippen LogP contribution in [0.15, 0.2) is 33.7 Å². The minimum Gasteiger partial charge on any atom is -0.339 e. The van der Waals surface area contributed by atoms with E-state index in [2.05, 4.69) is 36.1 Å². The van der Waals surface area contributed by atoms with Crippen molar-refractivity contribution in [3.8, 4) is 11.4 Å². The summed E-state index contributed by atoms with van der Waals surface area (Å²) in [5, 5.41) is 4.03. The monoisotopic (exact) mass is 277 g/mol. The fraction of sp³-hybridized carbons (Fsp3) is 0.429. The minimum absolute atomic E-state index is 0.149. The second-order valence-corrected chi connectivity index (χ2v) is 5.59. The van der Waals surface area contributed by atoms with Gasteiger partial charge in [-0.15, -0.1) is 11.8 Å². The highest BCUT2D eigenvalue weighted by atomic mass is 32.2. The van der Waals surface area contributed by atoms with Crippen molar-refractivity contribution in [3.05, 3.63) is 30.2 Å². The van der Waals surface area contributed by atoms with Crippen molar-refractivity contribution >= 4 is 11.8 Å². The molecular formula is C14H19N3OS. The lowest BCUT2D eigenvalue weighted by Crippen LogP contribution is -2.11. The molecule has 1 aromatic carbocycles. The number of aromatic nitrogens is 2. The number of nitrogens with two attached hydrogens (primary N) is 1. The molecule has 1 unspecified atom stereocenters. The summed E-state index contributed by atoms with van der Waals surface area (Å²) in [7, 11) is 0. The number of thioether (sulfide) groups is 1. The molecule has 2 N–H and O–H groups in total. The van der Waals surface area contributed by atoms with Crippen molar-refractivity contribution in [1.29, 1.82) is 0 Å². The Kier molecular flexibility index (Phi) is 4.99. The van der Waals surface area contributed by atoms with Gasteiger partial charge in [0.25, 0.3) is 0 Å². The summed E-state index contributed by atoms with van der Waals surface area (Å²) in [6, 6.07) is 8.21. The van der Waals surface area contributed by atoms with Gasteiger partial charge in [0.1, 0.15) is 0 Å². The van der Waals surface area contributed by atoms with Gasteiger partial charge in [0.2, 0.25) is 11.7 Å². The van der Waals surface area contributed by atoms with E-state index in [9.17, 15) is 0 Å². The largest absolute Gasteiger partial charge is 0.339 e. The Balaban J connectivity index is 2.17. The Hall–Kier alpha value is -1.33. The predicted octanol–water partition coefficient (Wildman–Crippen LogP) is 3.30. The van der Waals surface area contributed by atoms with Crippen LogP contribution in [0.1, 0.15) is 32.1 Å². The van der Waals surface area contributed by atoms with Crippen molar-refractivity contribution in [3.63, 3.8) is 0 Å². The van der Waals surface area contributed by atoms with Crippen molar-refractivity contribution in [1.82, 2.24) is 10.1 Å². The van der Waals surface area contributed by atoms with Crippen LogP contribution >= 0.6 is 11.8 Å². The minimum atomic E-state index is 0.149. The summed E-state index contributed by atoms with van der Waals surface area (Å²) >= 11 is 1.82. The molecule has 0 spiro atoms. The van der Waals surface area contributed by atoms with E-state index < -0.39 is 0 Å². The van der Waals surface area contributed by atoms with Gasteiger partial charge in [-0.1, -0.05) is 19.0 Å². The van der Waals surface area contributed by atoms with Gasteiger partial charge in [-0.05, 0) is 36.4 Å². The van der Waals surface area contributed by atoms with Crippen molar-refractivity contribution < 1.29 is 4.52 Å². The second-order valence-electron chi connectivity index (χ2n) is 4.25. The first-order valence-corrected chi connectivity index (χ1v) is 7.53. The van der Waals surface area contributed by atoms with E-state index in [0.29, 0.717) is 18.3 Å². The number of nitrogens with zero attached hydrogens (tertiary/aromatic N) is 2. The summed E-state index contributed by atoms with van der Waals surface area (Å²) in [5.41, 5.74) is 6.66. The van der Waals surface area contributed by atoms with Gasteiger partial charge in [-0.3, -0.25) is 0 Å². The molecule has 0 fully saturated rings. The first-order valence-electron chi connectivity index (χ1n) is 6.55. The molecular weight excluding hydrogens is 258 g/mol. The third-order valence-electron chi connectivity index (χ3n) is 2.99. The quantitative estimate of drug-likeness (QED) is 0.821. The smallest absolute Gasteiger partial charge is 0.231 e. The molecule has 0 aliphatic carbocycles. The van der Waals surface area contributed by atoms with Crippen LogP contribution < -0.4 is 5.73 Å². The normalized spacial score (nSPS) is 12.6. The molecule has 0 amide bonds. The van der Waals surface area contributed by atoms with Gasteiger partial charge in [-0.25, -0.2) is 0 Å². The summed E-state index contributed by atoms with van der Waals surface area (Å²) in [4.78, 5) is 5.69. The Morgan fingerprint density at radius 3 is 2.58 bits per heavy atom. The van der Waals surface area contributed by atoms with Gasteiger partial charge < -0.3 is 10.3 Å². The molecule has 0 aliphatic rings. The summed E-state index contributed by atoms with van der Waals surface area (Å²) in [6.45, 7) is 4.74. The first-order chi connectivity index (χ1) is 9.28. The molecule has 4 nitrogen and oxygen atoms in total. The van der Waals surface area contributed by atoms with E-state index in [1.165, 1.54) is 4.90 Å². The van der Waals surface area contributed by atoms with Crippen LogP contribution in [-0.2, 0) is 0 Å². The van der Waals surface area contributed by atoms with Crippen LogP contribution in [0.3, 0.4) is 0 Å². The molecule has 102 valence electrons. The van der Waals surface area contributed by atoms with Crippen LogP contribution in [0.4, 0.5) is 0 Å². The third kappa shape index (κ3) is 3.36. The molecule has 1 heterocycles. The summed E-state index contributed by atoms with van der Waals surface area (Å²) in [5.74, 6) is 2.48. The van der Waals surface area contributed by atoms with Crippen LogP contribution in [-0.4, -0.2) is 22.4 Å². The Labute approximate surface area is 117 Å². The Morgan fingerprint density at radius 2 is 2.00 bits per heavy atom. The molecule has 2 aromatic rings. The van der Waals surface area contributed by atoms with E-state index in [1.54, 1.807) is 0 Å². The lowest BCUT2D eigenvalue weighted by atomic mass is 10.1. The van der Waals surface area contributed by atoms with Gasteiger partial charge in [0.15, 0.2) is 0 Å². The molecule has 0 radical (unpaired) electrons. The number of benzene rings is 1. The van der Waals surface area contributed by atoms with E-state index >= 15 is 0 Å². The topological polar surface area (TPSA) is 64.9 Å². The highest BCUT2D eigenvalue weighted by Crippen LogP contribution is 2.24. The Morgan fingerprint density at radius 1 is 1.26 bits per heavy atom. The van der Waals surface area contributed by atoms with Crippen molar-refractivity contribution in [2.75, 3.05) is 12.3 Å². The van der Waals surface area contributed by atoms with E-state index in [1.807, 2.05) is 23.9 Å². The second kappa shape index (κ2) is 6.73. The van der Waals surface area contributed by atoms with Crippen molar-refractivity contribution in [2.45, 2.75) is 31.1 Å². The van der Waals surface area contributed by atoms with E-state index in [-0.39, 0.29) is 5.92 Å². The van der Waals surface area contributed by atoms with Crippen LogP contribution in [0.25, 0.3) is 11.4 Å². The molecule has 1 aromatic heterocycles. The van der Waals surface area contributed by atoms with Crippen LogP contribution in [0, 0.1) is 0 Å². The fourth-order valence-electron chi connectivity index (χ4n) is 1.83. The predicted molar refractivity (Wildman–Crippen MR) is 78.2 cm³/mol. The van der Waals surface area contributed by atoms with Crippen LogP contribution in [0.5, 0.6) is 0 Å². The lowest BCUT2D eigenvalue weighted by molar-refractivity contribution is 0.351. The maximum Gasteiger partial charge on any atom is 0.231 e. The molecule has 19 heavy (non-hydrogen) atoms. The molecule has 2 rings (SSSR count). The summed E-state index contributed by atoms with van der Waals surface area (Å²) < 4.78 is 5.29. The van der Waals surface area contributed by atoms with Gasteiger partial charge in [-0.2, -0.15) is 4.98 Å². The first kappa shape index (κ1) is 14.1. The standard InChI is InChI=1S/C14H19N3OS/c1-3-10(9-15)14-16-13(17-18-14)11-5-7-12(8-6-11)19-4-2/h5-8,10H,3-4,9,15H2,1-2H3. The zero-order chi connectivity index (χ0) is 13.7.